The van der Waals surface area contributed by atoms with Crippen molar-refractivity contribution in [2.75, 3.05) is 32.7 Å². The summed E-state index contributed by atoms with van der Waals surface area (Å²) in [7, 11) is 0. The molecule has 0 spiro atoms. The molecular formula is C26H33N5O2. The summed E-state index contributed by atoms with van der Waals surface area (Å²) in [5.41, 5.74) is 2.60. The van der Waals surface area contributed by atoms with Crippen molar-refractivity contribution in [3.8, 4) is 0 Å². The Hall–Kier alpha value is -2.93. The highest BCUT2D eigenvalue weighted by atomic mass is 16.2. The highest BCUT2D eigenvalue weighted by Crippen LogP contribution is 2.25. The molecule has 4 heterocycles. The molecule has 5 rings (SSSR count). The zero-order chi connectivity index (χ0) is 22.6. The maximum absolute atomic E-state index is 13.6. The summed E-state index contributed by atoms with van der Waals surface area (Å²) in [6.07, 6.45) is 8.42. The molecule has 0 aliphatic carbocycles. The topological polar surface area (TPSA) is 63.4 Å². The zero-order valence-corrected chi connectivity index (χ0v) is 19.2. The first kappa shape index (κ1) is 21.9. The van der Waals surface area contributed by atoms with Crippen molar-refractivity contribution >= 4 is 17.1 Å². The lowest BCUT2D eigenvalue weighted by molar-refractivity contribution is -0.134. The highest BCUT2D eigenvalue weighted by molar-refractivity contribution is 5.78. The van der Waals surface area contributed by atoms with Gasteiger partial charge in [0.1, 0.15) is 0 Å². The first-order valence-corrected chi connectivity index (χ1v) is 12.3. The Balaban J connectivity index is 1.39. The summed E-state index contributed by atoms with van der Waals surface area (Å²) < 4.78 is 3.65. The first-order chi connectivity index (χ1) is 16.2. The van der Waals surface area contributed by atoms with Gasteiger partial charge in [-0.25, -0.2) is 9.78 Å². The van der Waals surface area contributed by atoms with Crippen molar-refractivity contribution in [1.29, 1.82) is 0 Å². The van der Waals surface area contributed by atoms with E-state index in [1.54, 1.807) is 6.20 Å². The van der Waals surface area contributed by atoms with Gasteiger partial charge in [-0.05, 0) is 56.5 Å². The van der Waals surface area contributed by atoms with Gasteiger partial charge < -0.3 is 4.90 Å². The summed E-state index contributed by atoms with van der Waals surface area (Å²) in [6.45, 7) is 4.38. The number of nitrogens with zero attached hydrogens (tertiary/aromatic N) is 5. The molecule has 0 N–H and O–H groups in total. The van der Waals surface area contributed by atoms with Gasteiger partial charge in [-0.15, -0.1) is 0 Å². The van der Waals surface area contributed by atoms with E-state index < -0.39 is 0 Å². The third-order valence-electron chi connectivity index (χ3n) is 7.08. The predicted molar refractivity (Wildman–Crippen MR) is 129 cm³/mol. The summed E-state index contributed by atoms with van der Waals surface area (Å²) in [4.78, 5) is 35.6. The van der Waals surface area contributed by atoms with E-state index in [-0.39, 0.29) is 17.6 Å². The summed E-state index contributed by atoms with van der Waals surface area (Å²) in [5.74, 6) is 0.190. The molecule has 3 aromatic rings. The van der Waals surface area contributed by atoms with E-state index in [1.165, 1.54) is 25.7 Å². The van der Waals surface area contributed by atoms with E-state index in [0.717, 1.165) is 43.6 Å². The number of hydrogen-bond donors (Lipinski definition) is 0. The largest absolute Gasteiger partial charge is 0.340 e. The third-order valence-corrected chi connectivity index (χ3v) is 7.08. The fourth-order valence-electron chi connectivity index (χ4n) is 5.33. The molecule has 0 unspecified atom stereocenters. The number of rotatable bonds is 5. The second-order valence-electron chi connectivity index (χ2n) is 9.40. The minimum atomic E-state index is -0.0474. The van der Waals surface area contributed by atoms with Crippen molar-refractivity contribution in [2.24, 2.45) is 0 Å². The zero-order valence-electron chi connectivity index (χ0n) is 19.2. The molecule has 7 nitrogen and oxygen atoms in total. The van der Waals surface area contributed by atoms with Gasteiger partial charge >= 0.3 is 5.69 Å². The molecule has 0 bridgehead atoms. The van der Waals surface area contributed by atoms with Gasteiger partial charge in [0, 0.05) is 19.3 Å². The normalized spacial score (nSPS) is 20.1. The number of pyridine rings is 1. The van der Waals surface area contributed by atoms with Crippen LogP contribution in [0.3, 0.4) is 0 Å². The number of fused-ring (bicyclic) bond motifs is 1. The molecule has 2 aromatic heterocycles. The summed E-state index contributed by atoms with van der Waals surface area (Å²) in [6, 6.07) is 13.8. The Kier molecular flexibility index (Phi) is 6.58. The van der Waals surface area contributed by atoms with Gasteiger partial charge in [-0.3, -0.25) is 18.8 Å². The van der Waals surface area contributed by atoms with Crippen LogP contribution in [0, 0.1) is 0 Å². The number of benzene rings is 1. The molecule has 1 aromatic carbocycles. The van der Waals surface area contributed by atoms with Gasteiger partial charge in [0.15, 0.2) is 5.65 Å². The second kappa shape index (κ2) is 9.91. The van der Waals surface area contributed by atoms with E-state index in [9.17, 15) is 9.59 Å². The fourth-order valence-corrected chi connectivity index (χ4v) is 5.33. The van der Waals surface area contributed by atoms with Crippen LogP contribution in [0.1, 0.15) is 50.1 Å². The van der Waals surface area contributed by atoms with Gasteiger partial charge in [0.25, 0.3) is 0 Å². The first-order valence-electron chi connectivity index (χ1n) is 12.3. The number of carbonyl (C=O) groups excluding carboxylic acids is 1. The Morgan fingerprint density at radius 3 is 2.52 bits per heavy atom. The number of piperidine rings is 1. The van der Waals surface area contributed by atoms with Crippen LogP contribution >= 0.6 is 0 Å². The Labute approximate surface area is 194 Å². The van der Waals surface area contributed by atoms with E-state index in [2.05, 4.69) is 9.88 Å². The van der Waals surface area contributed by atoms with Crippen LogP contribution in [0.5, 0.6) is 0 Å². The minimum Gasteiger partial charge on any atom is -0.340 e. The van der Waals surface area contributed by atoms with Crippen LogP contribution in [0.25, 0.3) is 11.2 Å². The molecule has 2 fully saturated rings. The number of amides is 1. The standard InChI is InChI=1S/C26H33N5O2/c32-24(20-28-15-6-1-2-7-16-28)29-17-9-12-22(19-29)31-25-23(13-8-14-27-25)30(26(31)33)18-21-10-4-3-5-11-21/h3-5,8,10-11,13-14,22H,1-2,6-7,9,12,15-20H2/t22-/m0/s1. The number of likely N-dealkylation sites (tertiary alicyclic amines) is 2. The van der Waals surface area contributed by atoms with Gasteiger partial charge in [-0.1, -0.05) is 43.2 Å². The SMILES string of the molecule is O=C(CN1CCCCCC1)N1CCC[C@H](n2c(=O)n(Cc3ccccc3)c3cccnc32)C1. The van der Waals surface area contributed by atoms with E-state index in [4.69, 9.17) is 0 Å². The highest BCUT2D eigenvalue weighted by Gasteiger charge is 2.29. The lowest BCUT2D eigenvalue weighted by atomic mass is 10.1. The molecular weight excluding hydrogens is 414 g/mol. The molecule has 0 radical (unpaired) electrons. The lowest BCUT2D eigenvalue weighted by Crippen LogP contribution is -2.47. The van der Waals surface area contributed by atoms with Crippen molar-refractivity contribution in [1.82, 2.24) is 23.9 Å². The maximum Gasteiger partial charge on any atom is 0.330 e. The van der Waals surface area contributed by atoms with Crippen molar-refractivity contribution in [2.45, 2.75) is 51.1 Å². The fraction of sp³-hybridized carbons (Fsp3) is 0.500. The molecule has 7 heteroatoms. The minimum absolute atomic E-state index is 0.0422. The van der Waals surface area contributed by atoms with Crippen LogP contribution in [-0.4, -0.2) is 62.5 Å². The van der Waals surface area contributed by atoms with Crippen LogP contribution in [0.15, 0.2) is 53.5 Å². The molecule has 2 saturated heterocycles. The smallest absolute Gasteiger partial charge is 0.330 e. The van der Waals surface area contributed by atoms with E-state index in [1.807, 2.05) is 56.5 Å². The Bertz CT molecular complexity index is 1140. The van der Waals surface area contributed by atoms with Crippen LogP contribution in [0.4, 0.5) is 0 Å². The lowest BCUT2D eigenvalue weighted by Gasteiger charge is -2.34. The van der Waals surface area contributed by atoms with Gasteiger partial charge in [0.2, 0.25) is 5.91 Å². The van der Waals surface area contributed by atoms with Crippen LogP contribution in [0.2, 0.25) is 0 Å². The van der Waals surface area contributed by atoms with Crippen LogP contribution < -0.4 is 5.69 Å². The second-order valence-corrected chi connectivity index (χ2v) is 9.40. The summed E-state index contributed by atoms with van der Waals surface area (Å²) in [5, 5.41) is 0. The molecule has 2 aliphatic heterocycles. The Morgan fingerprint density at radius 2 is 1.73 bits per heavy atom. The molecule has 1 atom stereocenters. The predicted octanol–water partition coefficient (Wildman–Crippen LogP) is 3.29. The number of aromatic nitrogens is 3. The summed E-state index contributed by atoms with van der Waals surface area (Å²) >= 11 is 0. The average Bonchev–Trinajstić information content (AvgIpc) is 2.98. The monoisotopic (exact) mass is 447 g/mol. The Morgan fingerprint density at radius 1 is 0.939 bits per heavy atom. The quantitative estimate of drug-likeness (QED) is 0.602. The van der Waals surface area contributed by atoms with Gasteiger partial charge in [0.05, 0.1) is 24.6 Å². The molecule has 2 aliphatic rings. The van der Waals surface area contributed by atoms with E-state index >= 15 is 0 Å². The van der Waals surface area contributed by atoms with Crippen molar-refractivity contribution < 1.29 is 4.79 Å². The number of imidazole rings is 1. The molecule has 0 saturated carbocycles. The van der Waals surface area contributed by atoms with Crippen LogP contribution in [-0.2, 0) is 11.3 Å². The molecule has 174 valence electrons. The van der Waals surface area contributed by atoms with Gasteiger partial charge in [-0.2, -0.15) is 0 Å². The number of carbonyl (C=O) groups is 1. The average molecular weight is 448 g/mol. The maximum atomic E-state index is 13.6. The van der Waals surface area contributed by atoms with Crippen molar-refractivity contribution in [3.05, 3.63) is 64.7 Å². The van der Waals surface area contributed by atoms with E-state index in [0.29, 0.717) is 25.3 Å². The molecule has 33 heavy (non-hydrogen) atoms. The third kappa shape index (κ3) is 4.74. The molecule has 1 amide bonds. The van der Waals surface area contributed by atoms with Crippen molar-refractivity contribution in [3.63, 3.8) is 0 Å². The number of hydrogen-bond acceptors (Lipinski definition) is 4.